The molecular weight excluding hydrogens is 325 g/mol. The normalized spacial score (nSPS) is 10.4. The van der Waals surface area contributed by atoms with E-state index < -0.39 is 11.7 Å². The molecule has 0 aliphatic heterocycles. The molecule has 0 bridgehead atoms. The summed E-state index contributed by atoms with van der Waals surface area (Å²) in [6.45, 7) is 3.48. The van der Waals surface area contributed by atoms with Gasteiger partial charge in [0.2, 0.25) is 0 Å². The highest BCUT2D eigenvalue weighted by molar-refractivity contribution is 9.10. The molecule has 0 aliphatic rings. The van der Waals surface area contributed by atoms with Crippen molar-refractivity contribution in [3.05, 3.63) is 57.3 Å². The van der Waals surface area contributed by atoms with E-state index in [1.807, 2.05) is 0 Å². The predicted octanol–water partition coefficient (Wildman–Crippen LogP) is 4.16. The van der Waals surface area contributed by atoms with Gasteiger partial charge >= 0.3 is 0 Å². The fourth-order valence-corrected chi connectivity index (χ4v) is 2.17. The molecule has 0 saturated carbocycles. The third kappa shape index (κ3) is 2.82. The van der Waals surface area contributed by atoms with Gasteiger partial charge in [-0.2, -0.15) is 0 Å². The smallest absolute Gasteiger partial charge is 0.258 e. The van der Waals surface area contributed by atoms with E-state index in [2.05, 4.69) is 21.2 Å². The highest BCUT2D eigenvalue weighted by Crippen LogP contribution is 2.26. The minimum atomic E-state index is -0.599. The minimum absolute atomic E-state index is 0.0375. The molecule has 0 fully saturated rings. The SMILES string of the molecule is Cc1cc(NC(=O)c2cccc(Br)c2F)c(C)cc1O. The number of amides is 1. The van der Waals surface area contributed by atoms with Gasteiger partial charge in [0.25, 0.3) is 5.91 Å². The summed E-state index contributed by atoms with van der Waals surface area (Å²) in [5, 5.41) is 12.2. The van der Waals surface area contributed by atoms with Crippen LogP contribution in [0.4, 0.5) is 10.1 Å². The molecule has 0 saturated heterocycles. The lowest BCUT2D eigenvalue weighted by atomic mass is 10.1. The lowest BCUT2D eigenvalue weighted by Gasteiger charge is -2.11. The van der Waals surface area contributed by atoms with Gasteiger partial charge in [0.15, 0.2) is 0 Å². The van der Waals surface area contributed by atoms with E-state index in [1.54, 1.807) is 32.0 Å². The Labute approximate surface area is 124 Å². The van der Waals surface area contributed by atoms with Crippen LogP contribution in [0.25, 0.3) is 0 Å². The van der Waals surface area contributed by atoms with Crippen molar-refractivity contribution in [2.75, 3.05) is 5.32 Å². The third-order valence-corrected chi connectivity index (χ3v) is 3.60. The Morgan fingerprint density at radius 1 is 1.25 bits per heavy atom. The second-order valence-electron chi connectivity index (χ2n) is 4.51. The van der Waals surface area contributed by atoms with Crippen LogP contribution in [0, 0.1) is 19.7 Å². The van der Waals surface area contributed by atoms with Gasteiger partial charge in [-0.25, -0.2) is 4.39 Å². The number of rotatable bonds is 2. The largest absolute Gasteiger partial charge is 0.508 e. The number of phenols is 1. The molecule has 3 nitrogen and oxygen atoms in total. The first-order valence-electron chi connectivity index (χ1n) is 5.95. The average Bonchev–Trinajstić information content (AvgIpc) is 2.39. The summed E-state index contributed by atoms with van der Waals surface area (Å²) in [5.41, 5.74) is 1.85. The molecule has 2 aromatic rings. The molecule has 0 aromatic heterocycles. The Kier molecular flexibility index (Phi) is 4.09. The molecule has 104 valence electrons. The quantitative estimate of drug-likeness (QED) is 0.808. The Bertz CT molecular complexity index is 686. The number of hydrogen-bond acceptors (Lipinski definition) is 2. The Morgan fingerprint density at radius 2 is 1.95 bits per heavy atom. The molecule has 20 heavy (non-hydrogen) atoms. The maximum absolute atomic E-state index is 13.9. The number of aryl methyl sites for hydroxylation is 2. The van der Waals surface area contributed by atoms with Crippen LogP contribution in [0.15, 0.2) is 34.8 Å². The summed E-state index contributed by atoms with van der Waals surface area (Å²) in [5.74, 6) is -0.968. The number of benzene rings is 2. The summed E-state index contributed by atoms with van der Waals surface area (Å²) < 4.78 is 14.1. The fraction of sp³-hybridized carbons (Fsp3) is 0.133. The number of halogens is 2. The number of hydrogen-bond donors (Lipinski definition) is 2. The zero-order chi connectivity index (χ0) is 14.9. The van der Waals surface area contributed by atoms with Crippen LogP contribution >= 0.6 is 15.9 Å². The van der Waals surface area contributed by atoms with Crippen LogP contribution in [0.5, 0.6) is 5.75 Å². The van der Waals surface area contributed by atoms with Gasteiger partial charge < -0.3 is 10.4 Å². The summed E-state index contributed by atoms with van der Waals surface area (Å²) in [7, 11) is 0. The van der Waals surface area contributed by atoms with E-state index in [0.29, 0.717) is 16.8 Å². The Balaban J connectivity index is 2.33. The number of carbonyl (C=O) groups excluding carboxylic acids is 1. The summed E-state index contributed by atoms with van der Waals surface area (Å²) in [4.78, 5) is 12.1. The van der Waals surface area contributed by atoms with Crippen LogP contribution in [0.2, 0.25) is 0 Å². The first-order chi connectivity index (χ1) is 9.40. The number of nitrogens with one attached hydrogen (secondary N) is 1. The molecule has 5 heteroatoms. The van der Waals surface area contributed by atoms with Crippen molar-refractivity contribution >= 4 is 27.5 Å². The zero-order valence-corrected chi connectivity index (χ0v) is 12.6. The van der Waals surface area contributed by atoms with Crippen LogP contribution in [0.3, 0.4) is 0 Å². The van der Waals surface area contributed by atoms with Gasteiger partial charge in [0.05, 0.1) is 10.0 Å². The van der Waals surface area contributed by atoms with Crippen LogP contribution in [-0.4, -0.2) is 11.0 Å². The molecule has 2 aromatic carbocycles. The molecule has 0 atom stereocenters. The van der Waals surface area contributed by atoms with Crippen LogP contribution in [0.1, 0.15) is 21.5 Å². The Hall–Kier alpha value is -1.88. The van der Waals surface area contributed by atoms with Crippen LogP contribution in [-0.2, 0) is 0 Å². The first-order valence-corrected chi connectivity index (χ1v) is 6.75. The van der Waals surface area contributed by atoms with E-state index in [-0.39, 0.29) is 15.8 Å². The van der Waals surface area contributed by atoms with E-state index in [0.717, 1.165) is 0 Å². The third-order valence-electron chi connectivity index (χ3n) is 2.99. The zero-order valence-electron chi connectivity index (χ0n) is 11.0. The molecule has 0 heterocycles. The van der Waals surface area contributed by atoms with Crippen LogP contribution < -0.4 is 5.32 Å². The van der Waals surface area contributed by atoms with E-state index >= 15 is 0 Å². The van der Waals surface area contributed by atoms with Crippen molar-refractivity contribution in [3.63, 3.8) is 0 Å². The van der Waals surface area contributed by atoms with Crippen molar-refractivity contribution in [1.82, 2.24) is 0 Å². The van der Waals surface area contributed by atoms with Crippen molar-refractivity contribution in [3.8, 4) is 5.75 Å². The molecule has 2 rings (SSSR count). The molecular formula is C15H13BrFNO2. The highest BCUT2D eigenvalue weighted by atomic mass is 79.9. The van der Waals surface area contributed by atoms with E-state index in [4.69, 9.17) is 0 Å². The maximum Gasteiger partial charge on any atom is 0.258 e. The minimum Gasteiger partial charge on any atom is -0.508 e. The van der Waals surface area contributed by atoms with Gasteiger partial charge in [0.1, 0.15) is 11.6 Å². The number of carbonyl (C=O) groups is 1. The second-order valence-corrected chi connectivity index (χ2v) is 5.36. The number of aromatic hydroxyl groups is 1. The van der Waals surface area contributed by atoms with E-state index in [9.17, 15) is 14.3 Å². The summed E-state index contributed by atoms with van der Waals surface area (Å²) in [6, 6.07) is 7.75. The van der Waals surface area contributed by atoms with Gasteiger partial charge in [-0.3, -0.25) is 4.79 Å². The van der Waals surface area contributed by atoms with Gasteiger partial charge in [-0.05, 0) is 65.2 Å². The molecule has 0 unspecified atom stereocenters. The molecule has 0 aliphatic carbocycles. The number of anilines is 1. The highest BCUT2D eigenvalue weighted by Gasteiger charge is 2.15. The first kappa shape index (κ1) is 14.5. The molecule has 1 amide bonds. The Morgan fingerprint density at radius 3 is 2.65 bits per heavy atom. The predicted molar refractivity (Wildman–Crippen MR) is 79.6 cm³/mol. The van der Waals surface area contributed by atoms with Gasteiger partial charge in [-0.1, -0.05) is 6.07 Å². The van der Waals surface area contributed by atoms with E-state index in [1.165, 1.54) is 12.1 Å². The monoisotopic (exact) mass is 337 g/mol. The molecule has 0 spiro atoms. The lowest BCUT2D eigenvalue weighted by Crippen LogP contribution is -2.14. The van der Waals surface area contributed by atoms with Crippen molar-refractivity contribution in [2.24, 2.45) is 0 Å². The molecule has 2 N–H and O–H groups in total. The topological polar surface area (TPSA) is 49.3 Å². The second kappa shape index (κ2) is 5.63. The fourth-order valence-electron chi connectivity index (χ4n) is 1.80. The molecule has 0 radical (unpaired) electrons. The van der Waals surface area contributed by atoms with Crippen molar-refractivity contribution < 1.29 is 14.3 Å². The maximum atomic E-state index is 13.9. The van der Waals surface area contributed by atoms with Crippen molar-refractivity contribution in [2.45, 2.75) is 13.8 Å². The van der Waals surface area contributed by atoms with Gasteiger partial charge in [-0.15, -0.1) is 0 Å². The lowest BCUT2D eigenvalue weighted by molar-refractivity contribution is 0.102. The standard InChI is InChI=1S/C15H13BrFNO2/c1-8-7-13(19)9(2)6-12(8)18-15(20)10-4-3-5-11(16)14(10)17/h3-7,19H,1-2H3,(H,18,20). The summed E-state index contributed by atoms with van der Waals surface area (Å²) in [6.07, 6.45) is 0. The number of phenolic OH excluding ortho intramolecular Hbond substituents is 1. The van der Waals surface area contributed by atoms with Crippen molar-refractivity contribution in [1.29, 1.82) is 0 Å². The average molecular weight is 338 g/mol. The van der Waals surface area contributed by atoms with Gasteiger partial charge in [0, 0.05) is 5.69 Å². The summed E-state index contributed by atoms with van der Waals surface area (Å²) >= 11 is 3.05.